The lowest BCUT2D eigenvalue weighted by molar-refractivity contribution is -0.116. The highest BCUT2D eigenvalue weighted by Gasteiger charge is 2.20. The summed E-state index contributed by atoms with van der Waals surface area (Å²) in [5.74, 6) is 0.625. The molecule has 0 unspecified atom stereocenters. The van der Waals surface area contributed by atoms with E-state index >= 15 is 0 Å². The first kappa shape index (κ1) is 24.3. The maximum Gasteiger partial charge on any atom is 0.244 e. The van der Waals surface area contributed by atoms with Crippen molar-refractivity contribution in [2.75, 3.05) is 50.1 Å². The largest absolute Gasteiger partial charge is 0.492 e. The molecule has 2 heterocycles. The summed E-state index contributed by atoms with van der Waals surface area (Å²) in [5, 5.41) is 2.93. The number of nitrogens with zero attached hydrogens (tertiary/aromatic N) is 3. The average molecular weight is 477 g/mol. The molecular weight excluding hydrogens is 444 g/mol. The molecule has 0 radical (unpaired) electrons. The van der Waals surface area contributed by atoms with E-state index in [0.717, 1.165) is 31.9 Å². The van der Waals surface area contributed by atoms with E-state index in [9.17, 15) is 9.59 Å². The molecule has 1 aliphatic rings. The molecule has 1 fully saturated rings. The lowest BCUT2D eigenvalue weighted by Crippen LogP contribution is -2.46. The topological polar surface area (TPSA) is 76.0 Å². The highest BCUT2D eigenvalue weighted by molar-refractivity contribution is 5.92. The fraction of sp³-hybridized carbons (Fsp3) is 0.333. The molecule has 0 saturated carbocycles. The molecule has 1 amide bonds. The number of aromatic nitrogens is 1. The molecule has 8 heteroatoms. The Morgan fingerprint density at radius 1 is 0.971 bits per heavy atom. The SMILES string of the molecule is CCOc1ccccc1NC(=O)Cn1cc(OC)c(=O)cc1CN1CCN(c2ccccc2)CC1. The Kier molecular flexibility index (Phi) is 8.05. The van der Waals surface area contributed by atoms with Crippen molar-refractivity contribution in [3.8, 4) is 11.5 Å². The van der Waals surface area contributed by atoms with Gasteiger partial charge in [-0.1, -0.05) is 30.3 Å². The molecule has 1 aromatic heterocycles. The van der Waals surface area contributed by atoms with Crippen LogP contribution in [0.5, 0.6) is 11.5 Å². The van der Waals surface area contributed by atoms with Crippen LogP contribution in [0.25, 0.3) is 0 Å². The highest BCUT2D eigenvalue weighted by atomic mass is 16.5. The van der Waals surface area contributed by atoms with E-state index in [1.54, 1.807) is 16.8 Å². The van der Waals surface area contributed by atoms with Crippen molar-refractivity contribution < 1.29 is 14.3 Å². The lowest BCUT2D eigenvalue weighted by atomic mass is 10.2. The van der Waals surface area contributed by atoms with Gasteiger partial charge in [0.1, 0.15) is 12.3 Å². The Balaban J connectivity index is 1.46. The van der Waals surface area contributed by atoms with Gasteiger partial charge in [-0.05, 0) is 31.2 Å². The summed E-state index contributed by atoms with van der Waals surface area (Å²) in [6.07, 6.45) is 1.62. The van der Waals surface area contributed by atoms with Gasteiger partial charge in [-0.25, -0.2) is 0 Å². The minimum Gasteiger partial charge on any atom is -0.492 e. The molecule has 0 spiro atoms. The Morgan fingerprint density at radius 2 is 1.69 bits per heavy atom. The molecule has 1 N–H and O–H groups in total. The van der Waals surface area contributed by atoms with Crippen LogP contribution in [0, 0.1) is 0 Å². The lowest BCUT2D eigenvalue weighted by Gasteiger charge is -2.36. The van der Waals surface area contributed by atoms with Crippen LogP contribution in [0.15, 0.2) is 71.7 Å². The third kappa shape index (κ3) is 6.22. The Morgan fingerprint density at radius 3 is 2.40 bits per heavy atom. The Labute approximate surface area is 205 Å². The maximum atomic E-state index is 12.9. The van der Waals surface area contributed by atoms with Gasteiger partial charge in [0.2, 0.25) is 11.3 Å². The van der Waals surface area contributed by atoms with E-state index in [4.69, 9.17) is 9.47 Å². The van der Waals surface area contributed by atoms with Gasteiger partial charge in [0.05, 0.1) is 25.6 Å². The van der Waals surface area contributed by atoms with Gasteiger partial charge in [-0.2, -0.15) is 0 Å². The van der Waals surface area contributed by atoms with Crippen molar-refractivity contribution in [3.05, 3.63) is 82.8 Å². The maximum absolute atomic E-state index is 12.9. The number of anilines is 2. The van der Waals surface area contributed by atoms with Gasteiger partial charge < -0.3 is 24.3 Å². The number of carbonyl (C=O) groups is 1. The first-order valence-corrected chi connectivity index (χ1v) is 11.9. The molecule has 35 heavy (non-hydrogen) atoms. The number of benzene rings is 2. The van der Waals surface area contributed by atoms with Crippen LogP contribution < -0.4 is 25.1 Å². The molecule has 2 aromatic carbocycles. The van der Waals surface area contributed by atoms with E-state index < -0.39 is 0 Å². The van der Waals surface area contributed by atoms with E-state index in [1.165, 1.54) is 12.8 Å². The van der Waals surface area contributed by atoms with Crippen LogP contribution in [-0.4, -0.2) is 55.3 Å². The zero-order valence-electron chi connectivity index (χ0n) is 20.3. The molecule has 0 aliphatic carbocycles. The number of ether oxygens (including phenoxy) is 2. The number of methoxy groups -OCH3 is 1. The smallest absolute Gasteiger partial charge is 0.244 e. The summed E-state index contributed by atoms with van der Waals surface area (Å²) in [6.45, 7) is 6.56. The molecular formula is C27H32N4O4. The van der Waals surface area contributed by atoms with E-state index in [1.807, 2.05) is 37.3 Å². The number of rotatable bonds is 9. The van der Waals surface area contributed by atoms with Gasteiger partial charge in [-0.15, -0.1) is 0 Å². The van der Waals surface area contributed by atoms with Crippen molar-refractivity contribution in [1.29, 1.82) is 0 Å². The fourth-order valence-electron chi connectivity index (χ4n) is 4.26. The third-order valence-corrected chi connectivity index (χ3v) is 6.06. The predicted octanol–water partition coefficient (Wildman–Crippen LogP) is 3.22. The van der Waals surface area contributed by atoms with Crippen LogP contribution in [-0.2, 0) is 17.9 Å². The fourth-order valence-corrected chi connectivity index (χ4v) is 4.26. The number of amides is 1. The van der Waals surface area contributed by atoms with Gasteiger partial charge in [0.15, 0.2) is 5.75 Å². The average Bonchev–Trinajstić information content (AvgIpc) is 2.88. The summed E-state index contributed by atoms with van der Waals surface area (Å²) >= 11 is 0. The molecule has 0 atom stereocenters. The van der Waals surface area contributed by atoms with Crippen molar-refractivity contribution in [1.82, 2.24) is 9.47 Å². The van der Waals surface area contributed by atoms with Gasteiger partial charge in [-0.3, -0.25) is 14.5 Å². The van der Waals surface area contributed by atoms with E-state index in [0.29, 0.717) is 24.6 Å². The number of pyridine rings is 1. The minimum atomic E-state index is -0.210. The molecule has 8 nitrogen and oxygen atoms in total. The Bertz CT molecular complexity index is 1190. The van der Waals surface area contributed by atoms with Crippen LogP contribution in [0.1, 0.15) is 12.6 Å². The first-order chi connectivity index (χ1) is 17.1. The van der Waals surface area contributed by atoms with Crippen molar-refractivity contribution >= 4 is 17.3 Å². The van der Waals surface area contributed by atoms with Gasteiger partial charge >= 0.3 is 0 Å². The molecule has 4 rings (SSSR count). The Hall–Kier alpha value is -3.78. The van der Waals surface area contributed by atoms with E-state index in [2.05, 4.69) is 39.4 Å². The van der Waals surface area contributed by atoms with Crippen molar-refractivity contribution in [3.63, 3.8) is 0 Å². The predicted molar refractivity (Wildman–Crippen MR) is 137 cm³/mol. The summed E-state index contributed by atoms with van der Waals surface area (Å²) in [7, 11) is 1.46. The van der Waals surface area contributed by atoms with Crippen LogP contribution >= 0.6 is 0 Å². The second kappa shape index (κ2) is 11.6. The summed E-state index contributed by atoms with van der Waals surface area (Å²) < 4.78 is 12.6. The number of hydrogen-bond donors (Lipinski definition) is 1. The van der Waals surface area contributed by atoms with Gasteiger partial charge in [0.25, 0.3) is 0 Å². The second-order valence-corrected chi connectivity index (χ2v) is 8.40. The van der Waals surface area contributed by atoms with Crippen LogP contribution in [0.4, 0.5) is 11.4 Å². The molecule has 1 aliphatic heterocycles. The molecule has 3 aromatic rings. The molecule has 184 valence electrons. The summed E-state index contributed by atoms with van der Waals surface area (Å²) in [4.78, 5) is 30.1. The number of nitrogens with one attached hydrogen (secondary N) is 1. The summed E-state index contributed by atoms with van der Waals surface area (Å²) in [5.41, 5.74) is 2.42. The number of para-hydroxylation sites is 3. The van der Waals surface area contributed by atoms with Gasteiger partial charge in [0, 0.05) is 50.2 Å². The number of carbonyl (C=O) groups excluding carboxylic acids is 1. The van der Waals surface area contributed by atoms with E-state index in [-0.39, 0.29) is 23.6 Å². The zero-order valence-corrected chi connectivity index (χ0v) is 20.3. The zero-order chi connectivity index (χ0) is 24.6. The minimum absolute atomic E-state index is 0.0520. The molecule has 1 saturated heterocycles. The highest BCUT2D eigenvalue weighted by Crippen LogP contribution is 2.24. The summed E-state index contributed by atoms with van der Waals surface area (Å²) in [6, 6.07) is 19.3. The normalized spacial score (nSPS) is 13.9. The van der Waals surface area contributed by atoms with Crippen LogP contribution in [0.2, 0.25) is 0 Å². The first-order valence-electron chi connectivity index (χ1n) is 11.9. The number of hydrogen-bond acceptors (Lipinski definition) is 6. The monoisotopic (exact) mass is 476 g/mol. The molecule has 0 bridgehead atoms. The quantitative estimate of drug-likeness (QED) is 0.511. The van der Waals surface area contributed by atoms with Crippen molar-refractivity contribution in [2.24, 2.45) is 0 Å². The standard InChI is InChI=1S/C27H32N4O4/c1-3-35-25-12-8-7-11-23(25)28-27(33)20-31-19-26(34-2)24(32)17-22(31)18-29-13-15-30(16-14-29)21-9-5-4-6-10-21/h4-12,17,19H,3,13-16,18,20H2,1-2H3,(H,28,33). The second-order valence-electron chi connectivity index (χ2n) is 8.40. The third-order valence-electron chi connectivity index (χ3n) is 6.06. The van der Waals surface area contributed by atoms with Crippen LogP contribution in [0.3, 0.4) is 0 Å². The number of piperazine rings is 1. The van der Waals surface area contributed by atoms with Crippen molar-refractivity contribution in [2.45, 2.75) is 20.0 Å².